The number of carbonyl (C=O) groups is 6. The maximum absolute atomic E-state index is 14.1. The van der Waals surface area contributed by atoms with Gasteiger partial charge in [-0.3, -0.25) is 39.7 Å². The van der Waals surface area contributed by atoms with Gasteiger partial charge in [-0.1, -0.05) is 32.0 Å². The van der Waals surface area contributed by atoms with Gasteiger partial charge in [0, 0.05) is 23.1 Å². The van der Waals surface area contributed by atoms with E-state index in [4.69, 9.17) is 20.9 Å². The van der Waals surface area contributed by atoms with E-state index in [9.17, 15) is 44.1 Å². The Hall–Kier alpha value is -6.61. The molecule has 58 heavy (non-hydrogen) atoms. The number of aromatic amines is 1. The fourth-order valence-corrected chi connectivity index (χ4v) is 6.49. The second-order valence-corrected chi connectivity index (χ2v) is 13.8. The number of amides is 4. The zero-order valence-electron chi connectivity index (χ0n) is 32.4. The van der Waals surface area contributed by atoms with Gasteiger partial charge in [0.25, 0.3) is 5.91 Å². The van der Waals surface area contributed by atoms with Crippen molar-refractivity contribution in [3.63, 3.8) is 0 Å². The van der Waals surface area contributed by atoms with Gasteiger partial charge < -0.3 is 57.2 Å². The number of carboxylic acids is 2. The average molecular weight is 811 g/mol. The molecule has 4 rings (SSSR count). The first-order chi connectivity index (χ1) is 27.5. The molecule has 4 amide bonds. The number of ether oxygens (including phenoxy) is 2. The number of phenolic OH excluding ortho intramolecular Hbond substituents is 1. The first-order valence-electron chi connectivity index (χ1n) is 18.3. The first-order valence-corrected chi connectivity index (χ1v) is 18.3. The number of fused-ring (bicyclic) bond motifs is 3. The smallest absolute Gasteiger partial charge is 0.326 e. The number of nitrogens with one attached hydrogen (secondary N) is 7. The molecule has 1 aromatic heterocycles. The fraction of sp³-hybridized carbons (Fsp3) is 0.432. The van der Waals surface area contributed by atoms with Gasteiger partial charge in [0.05, 0.1) is 39.3 Å². The Labute approximate surface area is 332 Å². The Morgan fingerprint density at radius 3 is 2.22 bits per heavy atom. The Morgan fingerprint density at radius 2 is 1.62 bits per heavy atom. The van der Waals surface area contributed by atoms with E-state index in [0.29, 0.717) is 5.56 Å². The molecule has 0 aliphatic carbocycles. The number of aliphatic carboxylic acids is 2. The number of benzene rings is 2. The summed E-state index contributed by atoms with van der Waals surface area (Å²) >= 11 is 0. The number of hydrazine groups is 1. The third kappa shape index (κ3) is 11.3. The van der Waals surface area contributed by atoms with Gasteiger partial charge >= 0.3 is 11.9 Å². The zero-order chi connectivity index (χ0) is 42.7. The van der Waals surface area contributed by atoms with Gasteiger partial charge in [-0.05, 0) is 54.5 Å². The predicted molar refractivity (Wildman–Crippen MR) is 209 cm³/mol. The summed E-state index contributed by atoms with van der Waals surface area (Å²) in [6.45, 7) is 2.59. The molecular weight excluding hydrogens is 760 g/mol. The van der Waals surface area contributed by atoms with Crippen LogP contribution in [0.2, 0.25) is 0 Å². The van der Waals surface area contributed by atoms with E-state index in [2.05, 4.69) is 42.1 Å². The highest BCUT2D eigenvalue weighted by atomic mass is 16.5. The molecule has 2 aromatic carbocycles. The Kier molecular flexibility index (Phi) is 15.2. The van der Waals surface area contributed by atoms with Crippen LogP contribution >= 0.6 is 0 Å². The summed E-state index contributed by atoms with van der Waals surface area (Å²) in [5.41, 5.74) is 18.7. The van der Waals surface area contributed by atoms with E-state index in [0.717, 1.165) is 22.2 Å². The summed E-state index contributed by atoms with van der Waals surface area (Å²) in [6.07, 6.45) is -0.298. The molecule has 1 unspecified atom stereocenters. The Bertz CT molecular complexity index is 2010. The number of nitrogens with zero attached hydrogens (tertiary/aromatic N) is 1. The number of hydrogen-bond acceptors (Lipinski definition) is 12. The van der Waals surface area contributed by atoms with Crippen molar-refractivity contribution in [3.8, 4) is 17.2 Å². The van der Waals surface area contributed by atoms with Crippen molar-refractivity contribution in [1.82, 2.24) is 37.1 Å². The number of hydrogen-bond donors (Lipinski definition) is 12. The first kappa shape index (κ1) is 44.1. The minimum atomic E-state index is -1.63. The number of carbonyl (C=O) groups excluding carboxylic acids is 4. The number of phenols is 1. The summed E-state index contributed by atoms with van der Waals surface area (Å²) in [7, 11) is 2.80. The van der Waals surface area contributed by atoms with Crippen LogP contribution < -0.4 is 53.1 Å². The van der Waals surface area contributed by atoms with Gasteiger partial charge in [0.2, 0.25) is 23.5 Å². The molecule has 314 valence electrons. The molecule has 14 N–H and O–H groups in total. The summed E-state index contributed by atoms with van der Waals surface area (Å²) in [4.78, 5) is 83.5. The van der Waals surface area contributed by atoms with Crippen LogP contribution in [0.4, 0.5) is 0 Å². The summed E-state index contributed by atoms with van der Waals surface area (Å²) in [6, 6.07) is 5.19. The van der Waals surface area contributed by atoms with E-state index in [1.54, 1.807) is 26.0 Å². The normalized spacial score (nSPS) is 16.2. The highest BCUT2D eigenvalue weighted by Gasteiger charge is 2.36. The van der Waals surface area contributed by atoms with E-state index in [-0.39, 0.29) is 49.0 Å². The molecule has 2 heterocycles. The van der Waals surface area contributed by atoms with Crippen molar-refractivity contribution >= 4 is 52.4 Å². The number of methoxy groups -OCH3 is 2. The van der Waals surface area contributed by atoms with Crippen LogP contribution in [0.25, 0.3) is 10.9 Å². The minimum Gasteiger partial charge on any atom is -0.502 e. The molecule has 3 aromatic rings. The lowest BCUT2D eigenvalue weighted by atomic mass is 9.89. The molecule has 21 heteroatoms. The number of carboxylic acid groups (broad SMARTS) is 2. The molecule has 1 aliphatic rings. The van der Waals surface area contributed by atoms with Gasteiger partial charge in [-0.15, -0.1) is 0 Å². The van der Waals surface area contributed by atoms with Crippen LogP contribution in [0, 0.1) is 5.92 Å². The van der Waals surface area contributed by atoms with E-state index in [1.165, 1.54) is 14.2 Å². The molecule has 0 bridgehead atoms. The van der Waals surface area contributed by atoms with Crippen LogP contribution in [-0.2, 0) is 35.2 Å². The van der Waals surface area contributed by atoms with E-state index in [1.807, 2.05) is 24.3 Å². The van der Waals surface area contributed by atoms with E-state index >= 15 is 0 Å². The maximum atomic E-state index is 14.1. The largest absolute Gasteiger partial charge is 0.502 e. The quantitative estimate of drug-likeness (QED) is 0.0277. The molecule has 0 fully saturated rings. The lowest BCUT2D eigenvalue weighted by molar-refractivity contribution is -0.144. The molecule has 5 atom stereocenters. The molecule has 0 saturated heterocycles. The molecule has 0 saturated carbocycles. The summed E-state index contributed by atoms with van der Waals surface area (Å²) in [5, 5.41) is 40.8. The second kappa shape index (κ2) is 20.0. The monoisotopic (exact) mass is 810 g/mol. The van der Waals surface area contributed by atoms with Crippen molar-refractivity contribution in [2.24, 2.45) is 22.4 Å². The van der Waals surface area contributed by atoms with Gasteiger partial charge in [0.1, 0.15) is 18.1 Å². The van der Waals surface area contributed by atoms with Crippen LogP contribution in [0.5, 0.6) is 17.2 Å². The fourth-order valence-electron chi connectivity index (χ4n) is 6.49. The number of aromatic hydroxyl groups is 1. The number of para-hydroxylation sites is 1. The molecule has 21 nitrogen and oxygen atoms in total. The lowest BCUT2D eigenvalue weighted by Gasteiger charge is -2.32. The van der Waals surface area contributed by atoms with Crippen LogP contribution in [0.15, 0.2) is 41.4 Å². The van der Waals surface area contributed by atoms with Crippen LogP contribution in [-0.4, -0.2) is 113 Å². The third-order valence-electron chi connectivity index (χ3n) is 9.36. The highest BCUT2D eigenvalue weighted by molar-refractivity contribution is 5.94. The van der Waals surface area contributed by atoms with Crippen molar-refractivity contribution in [2.45, 2.75) is 69.7 Å². The average Bonchev–Trinajstić information content (AvgIpc) is 3.55. The zero-order valence-corrected chi connectivity index (χ0v) is 32.4. The molecule has 0 radical (unpaired) electrons. The third-order valence-corrected chi connectivity index (χ3v) is 9.36. The standard InChI is InChI=1S/C37H50N10O11/c1-17(2)29(36(55)56)46-34(53)24(15-28(49)50)42-27(48)16-41-47-35(54)22(10-7-11-40-37(38)39)45-33(52)23-14-20-19-8-5-6-9-21(19)43-31(20)30(44-23)18-12-25(57-3)32(51)26(13-18)58-4/h5-6,8-9,12-13,17,22-24,29-30,41,43-44,51H,7,10-11,14-16H2,1-4H3,(H,42,48)(H,45,52)(H,46,53)(H,47,54)(H,49,50)(H,55,56)(H4,38,39,40)/t22-,23-,24+,29-,30?/m0/s1. The number of nitrogens with two attached hydrogens (primary N) is 2. The number of aliphatic imine (C=N–C) groups is 1. The summed E-state index contributed by atoms with van der Waals surface area (Å²) < 4.78 is 10.8. The van der Waals surface area contributed by atoms with E-state index < -0.39 is 84.7 Å². The lowest BCUT2D eigenvalue weighted by Crippen LogP contribution is -2.58. The number of rotatable bonds is 20. The van der Waals surface area contributed by atoms with Gasteiger partial charge in [0.15, 0.2) is 17.5 Å². The molecular formula is C37H50N10O11. The molecule has 0 spiro atoms. The van der Waals surface area contributed by atoms with Crippen LogP contribution in [0.3, 0.4) is 0 Å². The number of H-pyrrole nitrogens is 1. The van der Waals surface area contributed by atoms with Crippen molar-refractivity contribution < 1.29 is 53.6 Å². The van der Waals surface area contributed by atoms with Gasteiger partial charge in [-0.2, -0.15) is 0 Å². The number of aromatic nitrogens is 1. The predicted octanol–water partition coefficient (Wildman–Crippen LogP) is -1.16. The molecule has 1 aliphatic heterocycles. The van der Waals surface area contributed by atoms with Crippen molar-refractivity contribution in [1.29, 1.82) is 0 Å². The second-order valence-electron chi connectivity index (χ2n) is 13.8. The highest BCUT2D eigenvalue weighted by Crippen LogP contribution is 2.42. The SMILES string of the molecule is COc1cc(C2N[C@H](C(=O)N[C@@H](CCCN=C(N)N)C(=O)NNCC(=O)N[C@H](CC(=O)O)C(=O)N[C@H](C(=O)O)C(C)C)Cc3c2[nH]c2ccccc32)cc(OC)c1O. The minimum absolute atomic E-state index is 0.0600. The number of guanidine groups is 1. The van der Waals surface area contributed by atoms with Gasteiger partial charge in [-0.25, -0.2) is 10.2 Å². The Balaban J connectivity index is 1.50. The summed E-state index contributed by atoms with van der Waals surface area (Å²) in [5.74, 6) is -6.58. The van der Waals surface area contributed by atoms with Crippen molar-refractivity contribution in [2.75, 3.05) is 27.3 Å². The topological polar surface area (TPSA) is 334 Å². The maximum Gasteiger partial charge on any atom is 0.326 e. The Morgan fingerprint density at radius 1 is 0.948 bits per heavy atom. The van der Waals surface area contributed by atoms with Crippen LogP contribution in [0.1, 0.15) is 56.0 Å². The van der Waals surface area contributed by atoms with Crippen molar-refractivity contribution in [3.05, 3.63) is 53.2 Å².